The molecule has 4 rings (SSSR count). The Labute approximate surface area is 178 Å². The molecule has 154 valence electrons. The van der Waals surface area contributed by atoms with Gasteiger partial charge in [-0.3, -0.25) is 9.69 Å². The van der Waals surface area contributed by atoms with Crippen LogP contribution in [0.5, 0.6) is 11.5 Å². The molecule has 0 bridgehead atoms. The first kappa shape index (κ1) is 20.1. The number of hydrogen-bond acceptors (Lipinski definition) is 6. The average molecular weight is 425 g/mol. The second-order valence-corrected chi connectivity index (χ2v) is 7.88. The summed E-state index contributed by atoms with van der Waals surface area (Å²) in [6.45, 7) is 0.324. The third kappa shape index (κ3) is 3.57. The molecule has 30 heavy (non-hydrogen) atoms. The predicted molar refractivity (Wildman–Crippen MR) is 113 cm³/mol. The van der Waals surface area contributed by atoms with Gasteiger partial charge in [-0.25, -0.2) is 4.39 Å². The van der Waals surface area contributed by atoms with Gasteiger partial charge in [-0.1, -0.05) is 17.8 Å². The zero-order chi connectivity index (χ0) is 21.3. The van der Waals surface area contributed by atoms with Crippen molar-refractivity contribution in [2.24, 2.45) is 0 Å². The first-order valence-electron chi connectivity index (χ1n) is 9.35. The topological polar surface area (TPSA) is 65.8 Å². The average Bonchev–Trinajstić information content (AvgIpc) is 2.79. The molecule has 6 nitrogen and oxygen atoms in total. The number of ether oxygens (including phenoxy) is 2. The van der Waals surface area contributed by atoms with Gasteiger partial charge < -0.3 is 14.4 Å². The van der Waals surface area contributed by atoms with Crippen LogP contribution >= 0.6 is 11.8 Å². The van der Waals surface area contributed by atoms with Gasteiger partial charge in [0.1, 0.15) is 17.3 Å². The quantitative estimate of drug-likeness (QED) is 0.736. The highest BCUT2D eigenvalue weighted by Gasteiger charge is 2.39. The fourth-order valence-electron chi connectivity index (χ4n) is 3.75. The smallest absolute Gasteiger partial charge is 0.229 e. The minimum Gasteiger partial charge on any atom is -0.497 e. The second-order valence-electron chi connectivity index (χ2n) is 6.95. The number of nitriles is 1. The number of carbonyl (C=O) groups is 1. The molecule has 2 aromatic rings. The Balaban J connectivity index is 1.68. The molecule has 0 spiro atoms. The Morgan fingerprint density at radius 3 is 2.60 bits per heavy atom. The van der Waals surface area contributed by atoms with Crippen LogP contribution in [0.4, 0.5) is 10.1 Å². The molecular formula is C22H20FN3O3S. The van der Waals surface area contributed by atoms with Crippen LogP contribution in [0.3, 0.4) is 0 Å². The van der Waals surface area contributed by atoms with E-state index in [9.17, 15) is 14.4 Å². The number of rotatable bonds is 4. The van der Waals surface area contributed by atoms with E-state index in [2.05, 4.69) is 6.07 Å². The lowest BCUT2D eigenvalue weighted by molar-refractivity contribution is -0.129. The molecule has 2 aliphatic rings. The lowest BCUT2D eigenvalue weighted by Gasteiger charge is -2.42. The van der Waals surface area contributed by atoms with Crippen molar-refractivity contribution >= 4 is 23.4 Å². The van der Waals surface area contributed by atoms with E-state index >= 15 is 0 Å². The second kappa shape index (κ2) is 8.28. The Hall–Kier alpha value is -3.18. The van der Waals surface area contributed by atoms with E-state index in [4.69, 9.17) is 9.47 Å². The zero-order valence-electron chi connectivity index (χ0n) is 16.6. The molecule has 0 N–H and O–H groups in total. The SMILES string of the molecule is COc1ccc([C@H]2CC(=O)N3CN(c4ccc(F)cc4)CSC3=C2C#N)c(OC)c1. The number of anilines is 1. The van der Waals surface area contributed by atoms with Crippen LogP contribution < -0.4 is 14.4 Å². The number of methoxy groups -OCH3 is 2. The first-order chi connectivity index (χ1) is 14.5. The number of amides is 1. The molecule has 0 radical (unpaired) electrons. The van der Waals surface area contributed by atoms with E-state index in [1.807, 2.05) is 11.0 Å². The molecule has 0 saturated carbocycles. The van der Waals surface area contributed by atoms with E-state index < -0.39 is 0 Å². The summed E-state index contributed by atoms with van der Waals surface area (Å²) in [6.07, 6.45) is 0.174. The van der Waals surface area contributed by atoms with Crippen molar-refractivity contribution in [1.82, 2.24) is 4.90 Å². The van der Waals surface area contributed by atoms with Crippen LogP contribution in [0.2, 0.25) is 0 Å². The maximum atomic E-state index is 13.2. The van der Waals surface area contributed by atoms with Crippen molar-refractivity contribution in [2.75, 3.05) is 31.7 Å². The summed E-state index contributed by atoms with van der Waals surface area (Å²) in [6, 6.07) is 13.9. The predicted octanol–water partition coefficient (Wildman–Crippen LogP) is 4.06. The normalized spacial score (nSPS) is 18.7. The van der Waals surface area contributed by atoms with Crippen molar-refractivity contribution in [3.05, 3.63) is 64.4 Å². The molecular weight excluding hydrogens is 405 g/mol. The first-order valence-corrected chi connectivity index (χ1v) is 10.3. The Morgan fingerprint density at radius 2 is 1.93 bits per heavy atom. The molecule has 2 aliphatic heterocycles. The Kier molecular flexibility index (Phi) is 5.55. The highest BCUT2D eigenvalue weighted by Crippen LogP contribution is 2.45. The van der Waals surface area contributed by atoms with Crippen molar-refractivity contribution in [2.45, 2.75) is 12.3 Å². The number of allylic oxidation sites excluding steroid dienone is 1. The lowest BCUT2D eigenvalue weighted by Crippen LogP contribution is -2.47. The number of halogens is 1. The van der Waals surface area contributed by atoms with Gasteiger partial charge in [0, 0.05) is 29.7 Å². The standard InChI is InChI=1S/C22H20FN3O3S/c1-28-16-7-8-17(20(9-16)29-2)18-10-21(27)26-12-25(13-30-22(26)19(18)11-24)15-5-3-14(23)4-6-15/h3-9,18H,10,12-13H2,1-2H3/t18-/m1/s1. The number of hydrogen-bond donors (Lipinski definition) is 0. The lowest BCUT2D eigenvalue weighted by atomic mass is 9.86. The monoisotopic (exact) mass is 425 g/mol. The third-order valence-electron chi connectivity index (χ3n) is 5.30. The van der Waals surface area contributed by atoms with Crippen LogP contribution in [0.1, 0.15) is 17.9 Å². The maximum absolute atomic E-state index is 13.2. The molecule has 0 aromatic heterocycles. The summed E-state index contributed by atoms with van der Waals surface area (Å²) in [7, 11) is 3.13. The summed E-state index contributed by atoms with van der Waals surface area (Å²) in [5.41, 5.74) is 2.17. The van der Waals surface area contributed by atoms with E-state index in [0.717, 1.165) is 11.3 Å². The van der Waals surface area contributed by atoms with Crippen molar-refractivity contribution in [1.29, 1.82) is 5.26 Å². The van der Waals surface area contributed by atoms with Crippen molar-refractivity contribution in [3.63, 3.8) is 0 Å². The summed E-state index contributed by atoms with van der Waals surface area (Å²) >= 11 is 1.44. The summed E-state index contributed by atoms with van der Waals surface area (Å²) < 4.78 is 24.0. The Morgan fingerprint density at radius 1 is 1.17 bits per heavy atom. The number of thioether (sulfide) groups is 1. The van der Waals surface area contributed by atoms with Crippen LogP contribution in [-0.2, 0) is 4.79 Å². The van der Waals surface area contributed by atoms with Gasteiger partial charge in [-0.15, -0.1) is 0 Å². The van der Waals surface area contributed by atoms with Gasteiger partial charge in [0.25, 0.3) is 0 Å². The molecule has 2 aromatic carbocycles. The number of fused-ring (bicyclic) bond motifs is 1. The van der Waals surface area contributed by atoms with E-state index in [1.165, 1.54) is 23.9 Å². The highest BCUT2D eigenvalue weighted by atomic mass is 32.2. The molecule has 1 amide bonds. The summed E-state index contributed by atoms with van der Waals surface area (Å²) in [4.78, 5) is 16.7. The van der Waals surface area contributed by atoms with Gasteiger partial charge in [0.2, 0.25) is 5.91 Å². The van der Waals surface area contributed by atoms with E-state index in [-0.39, 0.29) is 24.1 Å². The summed E-state index contributed by atoms with van der Waals surface area (Å²) in [5.74, 6) is 1.05. The van der Waals surface area contributed by atoms with Gasteiger partial charge >= 0.3 is 0 Å². The molecule has 0 aliphatic carbocycles. The fourth-order valence-corrected chi connectivity index (χ4v) is 4.92. The maximum Gasteiger partial charge on any atom is 0.229 e. The van der Waals surface area contributed by atoms with Crippen LogP contribution in [-0.4, -0.2) is 37.6 Å². The van der Waals surface area contributed by atoms with E-state index in [1.54, 1.807) is 43.4 Å². The van der Waals surface area contributed by atoms with Gasteiger partial charge in [-0.05, 0) is 30.3 Å². The highest BCUT2D eigenvalue weighted by molar-refractivity contribution is 8.03. The minimum atomic E-state index is -0.375. The third-order valence-corrected chi connectivity index (χ3v) is 6.46. The van der Waals surface area contributed by atoms with Crippen molar-refractivity contribution in [3.8, 4) is 17.6 Å². The molecule has 1 atom stereocenters. The molecule has 1 fully saturated rings. The van der Waals surface area contributed by atoms with Crippen LogP contribution in [0.15, 0.2) is 53.1 Å². The largest absolute Gasteiger partial charge is 0.497 e. The minimum absolute atomic E-state index is 0.0637. The number of benzene rings is 2. The number of carbonyl (C=O) groups excluding carboxylic acids is 1. The number of nitrogens with zero attached hydrogens (tertiary/aromatic N) is 3. The van der Waals surface area contributed by atoms with Crippen LogP contribution in [0.25, 0.3) is 0 Å². The fraction of sp³-hybridized carbons (Fsp3) is 0.273. The van der Waals surface area contributed by atoms with E-state index in [0.29, 0.717) is 34.6 Å². The van der Waals surface area contributed by atoms with Gasteiger partial charge in [0.05, 0.1) is 43.4 Å². The van der Waals surface area contributed by atoms with Gasteiger partial charge in [-0.2, -0.15) is 5.26 Å². The molecule has 1 saturated heterocycles. The van der Waals surface area contributed by atoms with Crippen molar-refractivity contribution < 1.29 is 18.7 Å². The molecule has 2 heterocycles. The Bertz CT molecular complexity index is 1050. The molecule has 8 heteroatoms. The summed E-state index contributed by atoms with van der Waals surface area (Å²) in [5, 5.41) is 10.6. The molecule has 0 unspecified atom stereocenters. The van der Waals surface area contributed by atoms with Crippen LogP contribution in [0, 0.1) is 17.1 Å². The van der Waals surface area contributed by atoms with Gasteiger partial charge in [0.15, 0.2) is 0 Å². The zero-order valence-corrected chi connectivity index (χ0v) is 17.4.